The summed E-state index contributed by atoms with van der Waals surface area (Å²) in [4.78, 5) is 0. The van der Waals surface area contributed by atoms with Crippen molar-refractivity contribution in [1.29, 1.82) is 0 Å². The molecular formula is C13H27NO2S. The molecule has 1 rings (SSSR count). The fourth-order valence-corrected chi connectivity index (χ4v) is 3.28. The zero-order valence-electron chi connectivity index (χ0n) is 11.2. The Morgan fingerprint density at radius 3 is 3.00 bits per heavy atom. The molecule has 3 nitrogen and oxygen atoms in total. The van der Waals surface area contributed by atoms with Gasteiger partial charge >= 0.3 is 0 Å². The summed E-state index contributed by atoms with van der Waals surface area (Å²) in [6.07, 6.45) is 4.46. The number of unbranched alkanes of at least 4 members (excludes halogenated alkanes) is 1. The van der Waals surface area contributed by atoms with Gasteiger partial charge in [-0.15, -0.1) is 0 Å². The normalized spacial score (nSPS) is 26.3. The molecule has 102 valence electrons. The lowest BCUT2D eigenvalue weighted by atomic mass is 10.1. The Labute approximate surface area is 110 Å². The summed E-state index contributed by atoms with van der Waals surface area (Å²) in [6, 6.07) is 0. The molecule has 2 unspecified atom stereocenters. The van der Waals surface area contributed by atoms with Crippen molar-refractivity contribution in [3.63, 3.8) is 0 Å². The lowest BCUT2D eigenvalue weighted by Crippen LogP contribution is -2.38. The molecule has 0 amide bonds. The van der Waals surface area contributed by atoms with E-state index in [2.05, 4.69) is 19.2 Å². The average molecular weight is 261 g/mol. The average Bonchev–Trinajstić information content (AvgIpc) is 2.72. The van der Waals surface area contributed by atoms with Crippen molar-refractivity contribution in [3.8, 4) is 0 Å². The molecule has 17 heavy (non-hydrogen) atoms. The highest BCUT2D eigenvalue weighted by Gasteiger charge is 2.28. The highest BCUT2D eigenvalue weighted by Crippen LogP contribution is 2.36. The van der Waals surface area contributed by atoms with Crippen molar-refractivity contribution in [2.24, 2.45) is 0 Å². The second kappa shape index (κ2) is 8.35. The summed E-state index contributed by atoms with van der Waals surface area (Å²) >= 11 is 2.05. The molecule has 2 N–H and O–H groups in total. The molecule has 1 saturated heterocycles. The van der Waals surface area contributed by atoms with E-state index < -0.39 is 0 Å². The smallest absolute Gasteiger partial charge is 0.0897 e. The highest BCUT2D eigenvalue weighted by atomic mass is 32.2. The molecule has 1 aliphatic rings. The lowest BCUT2D eigenvalue weighted by molar-refractivity contribution is 0.0358. The molecule has 0 aromatic heterocycles. The molecule has 0 saturated carbocycles. The van der Waals surface area contributed by atoms with Crippen LogP contribution in [0, 0.1) is 0 Å². The van der Waals surface area contributed by atoms with Crippen LogP contribution in [-0.2, 0) is 4.74 Å². The molecule has 0 spiro atoms. The number of nitrogens with one attached hydrogen (secondary N) is 1. The van der Waals surface area contributed by atoms with E-state index in [9.17, 15) is 5.11 Å². The maximum absolute atomic E-state index is 9.71. The third-order valence-corrected chi connectivity index (χ3v) is 4.67. The first-order valence-electron chi connectivity index (χ1n) is 6.77. The third-order valence-electron chi connectivity index (χ3n) is 3.13. The van der Waals surface area contributed by atoms with E-state index in [-0.39, 0.29) is 6.10 Å². The Kier molecular flexibility index (Phi) is 7.51. The second-order valence-electron chi connectivity index (χ2n) is 5.12. The van der Waals surface area contributed by atoms with Crippen molar-refractivity contribution in [2.45, 2.75) is 50.4 Å². The number of hydrogen-bond acceptors (Lipinski definition) is 4. The van der Waals surface area contributed by atoms with Crippen LogP contribution in [0.25, 0.3) is 0 Å². The minimum Gasteiger partial charge on any atom is -0.389 e. The van der Waals surface area contributed by atoms with Crippen molar-refractivity contribution >= 4 is 11.8 Å². The minimum atomic E-state index is -0.373. The zero-order valence-corrected chi connectivity index (χ0v) is 12.0. The molecule has 1 heterocycles. The van der Waals surface area contributed by atoms with Crippen LogP contribution < -0.4 is 5.32 Å². The van der Waals surface area contributed by atoms with E-state index in [4.69, 9.17) is 4.74 Å². The number of ether oxygens (including phenoxy) is 1. The van der Waals surface area contributed by atoms with Gasteiger partial charge in [0.25, 0.3) is 0 Å². The quantitative estimate of drug-likeness (QED) is 0.623. The van der Waals surface area contributed by atoms with Gasteiger partial charge in [-0.25, -0.2) is 0 Å². The molecule has 0 aromatic carbocycles. The van der Waals surface area contributed by atoms with Crippen LogP contribution in [0.4, 0.5) is 0 Å². The maximum Gasteiger partial charge on any atom is 0.0897 e. The number of aliphatic hydroxyl groups is 1. The fraction of sp³-hybridized carbons (Fsp3) is 1.00. The molecule has 4 heteroatoms. The van der Waals surface area contributed by atoms with Gasteiger partial charge in [0.15, 0.2) is 0 Å². The number of aliphatic hydroxyl groups excluding tert-OH is 1. The molecule has 0 bridgehead atoms. The first kappa shape index (κ1) is 15.3. The van der Waals surface area contributed by atoms with E-state index in [1.54, 1.807) is 0 Å². The van der Waals surface area contributed by atoms with Crippen molar-refractivity contribution in [1.82, 2.24) is 5.32 Å². The van der Waals surface area contributed by atoms with E-state index in [1.807, 2.05) is 11.8 Å². The van der Waals surface area contributed by atoms with E-state index in [1.165, 1.54) is 18.6 Å². The number of hydrogen-bond donors (Lipinski definition) is 2. The van der Waals surface area contributed by atoms with Gasteiger partial charge in [0.05, 0.1) is 12.7 Å². The topological polar surface area (TPSA) is 41.5 Å². The van der Waals surface area contributed by atoms with Gasteiger partial charge in [-0.3, -0.25) is 0 Å². The van der Waals surface area contributed by atoms with Gasteiger partial charge in [0, 0.05) is 24.4 Å². The molecule has 0 aromatic rings. The summed E-state index contributed by atoms with van der Waals surface area (Å²) in [5.74, 6) is 1.28. The largest absolute Gasteiger partial charge is 0.389 e. The van der Waals surface area contributed by atoms with Gasteiger partial charge < -0.3 is 15.2 Å². The van der Waals surface area contributed by atoms with Crippen LogP contribution in [0.5, 0.6) is 0 Å². The number of rotatable bonds is 9. The van der Waals surface area contributed by atoms with Crippen molar-refractivity contribution in [3.05, 3.63) is 0 Å². The van der Waals surface area contributed by atoms with Crippen LogP contribution in [0.15, 0.2) is 0 Å². The van der Waals surface area contributed by atoms with E-state index >= 15 is 0 Å². The van der Waals surface area contributed by atoms with Gasteiger partial charge in [-0.05, 0) is 31.9 Å². The first-order chi connectivity index (χ1) is 8.16. The van der Waals surface area contributed by atoms with Crippen LogP contribution in [0.2, 0.25) is 0 Å². The standard InChI is InChI=1S/C13H27NO2S/c1-3-4-7-16-10-12(15)9-14-11-13(2)6-5-8-17-13/h12,14-15H,3-11H2,1-2H3. The molecular weight excluding hydrogens is 234 g/mol. The number of thioether (sulfide) groups is 1. The molecule has 1 fully saturated rings. The maximum atomic E-state index is 9.71. The van der Waals surface area contributed by atoms with Crippen molar-refractivity contribution < 1.29 is 9.84 Å². The van der Waals surface area contributed by atoms with Crippen molar-refractivity contribution in [2.75, 3.05) is 32.1 Å². The molecule has 0 aliphatic carbocycles. The molecule has 1 aliphatic heterocycles. The Bertz CT molecular complexity index is 196. The van der Waals surface area contributed by atoms with E-state index in [0.717, 1.165) is 26.0 Å². The van der Waals surface area contributed by atoms with Crippen LogP contribution in [-0.4, -0.2) is 48.0 Å². The molecule has 2 atom stereocenters. The summed E-state index contributed by atoms with van der Waals surface area (Å²) in [6.45, 7) is 7.30. The van der Waals surface area contributed by atoms with Crippen LogP contribution >= 0.6 is 11.8 Å². The summed E-state index contributed by atoms with van der Waals surface area (Å²) in [5, 5.41) is 13.1. The van der Waals surface area contributed by atoms with Gasteiger partial charge in [0.1, 0.15) is 0 Å². The van der Waals surface area contributed by atoms with Gasteiger partial charge in [0.2, 0.25) is 0 Å². The Morgan fingerprint density at radius 1 is 1.53 bits per heavy atom. The fourth-order valence-electron chi connectivity index (χ4n) is 2.00. The zero-order chi connectivity index (χ0) is 12.6. The van der Waals surface area contributed by atoms with Crippen LogP contribution in [0.1, 0.15) is 39.5 Å². The Hall–Kier alpha value is 0.230. The monoisotopic (exact) mass is 261 g/mol. The van der Waals surface area contributed by atoms with Gasteiger partial charge in [-0.2, -0.15) is 11.8 Å². The summed E-state index contributed by atoms with van der Waals surface area (Å²) in [7, 11) is 0. The second-order valence-corrected chi connectivity index (χ2v) is 6.80. The summed E-state index contributed by atoms with van der Waals surface area (Å²) < 4.78 is 5.77. The third kappa shape index (κ3) is 6.65. The predicted octanol–water partition coefficient (Wildman–Crippen LogP) is 2.04. The lowest BCUT2D eigenvalue weighted by Gasteiger charge is -2.23. The first-order valence-corrected chi connectivity index (χ1v) is 7.75. The Balaban J connectivity index is 1.97. The predicted molar refractivity (Wildman–Crippen MR) is 74.7 cm³/mol. The highest BCUT2D eigenvalue weighted by molar-refractivity contribution is 8.00. The minimum absolute atomic E-state index is 0.373. The van der Waals surface area contributed by atoms with Crippen LogP contribution in [0.3, 0.4) is 0 Å². The van der Waals surface area contributed by atoms with E-state index in [0.29, 0.717) is 17.9 Å². The Morgan fingerprint density at radius 2 is 2.35 bits per heavy atom. The van der Waals surface area contributed by atoms with Gasteiger partial charge in [-0.1, -0.05) is 13.3 Å². The SMILES string of the molecule is CCCCOCC(O)CNCC1(C)CCCS1. The summed E-state index contributed by atoms with van der Waals surface area (Å²) in [5.41, 5.74) is 0. The molecule has 0 radical (unpaired) electrons.